The van der Waals surface area contributed by atoms with E-state index in [4.69, 9.17) is 4.74 Å². The van der Waals surface area contributed by atoms with Gasteiger partial charge < -0.3 is 14.7 Å². The molecule has 1 N–H and O–H groups in total. The molecule has 0 saturated carbocycles. The molecular weight excluding hydrogens is 408 g/mol. The standard InChI is InChI=1S/C21H23F2N5O3/c1-21(30)5-7-27(8-6-21)17(29)9-14-11-24-18-15(3-4-16(31-2)19(18)26-14)13-10-25-28(12-13)20(22)23/h3-4,10-12,20,30H,5-9H2,1-2H3. The van der Waals surface area contributed by atoms with E-state index >= 15 is 0 Å². The van der Waals surface area contributed by atoms with Crippen LogP contribution in [-0.4, -0.2) is 61.5 Å². The lowest BCUT2D eigenvalue weighted by Crippen LogP contribution is -2.45. The highest BCUT2D eigenvalue weighted by Crippen LogP contribution is 2.32. The molecular formula is C21H23F2N5O3. The maximum Gasteiger partial charge on any atom is 0.333 e. The van der Waals surface area contributed by atoms with E-state index in [1.54, 1.807) is 24.0 Å². The Hall–Kier alpha value is -3.14. The van der Waals surface area contributed by atoms with Crippen molar-refractivity contribution < 1.29 is 23.4 Å². The Balaban J connectivity index is 1.63. The first-order chi connectivity index (χ1) is 14.8. The van der Waals surface area contributed by atoms with Crippen LogP contribution in [0, 0.1) is 0 Å². The topological polar surface area (TPSA) is 93.4 Å². The molecule has 1 aliphatic rings. The van der Waals surface area contributed by atoms with Crippen LogP contribution < -0.4 is 4.74 Å². The van der Waals surface area contributed by atoms with Crippen LogP contribution in [0.15, 0.2) is 30.7 Å². The molecule has 4 rings (SSSR count). The predicted octanol–water partition coefficient (Wildman–Crippen LogP) is 2.81. The van der Waals surface area contributed by atoms with Gasteiger partial charge in [0.15, 0.2) is 0 Å². The van der Waals surface area contributed by atoms with Gasteiger partial charge in [-0.05, 0) is 31.9 Å². The van der Waals surface area contributed by atoms with Crippen molar-refractivity contribution in [1.29, 1.82) is 0 Å². The van der Waals surface area contributed by atoms with Crippen molar-refractivity contribution in [2.24, 2.45) is 0 Å². The number of hydrogen-bond acceptors (Lipinski definition) is 6. The lowest BCUT2D eigenvalue weighted by Gasteiger charge is -2.35. The van der Waals surface area contributed by atoms with Crippen LogP contribution in [0.3, 0.4) is 0 Å². The number of ether oxygens (including phenoxy) is 1. The average molecular weight is 431 g/mol. The number of fused-ring (bicyclic) bond motifs is 1. The van der Waals surface area contributed by atoms with E-state index in [0.717, 1.165) is 0 Å². The number of benzene rings is 1. The third-order valence-electron chi connectivity index (χ3n) is 5.57. The van der Waals surface area contributed by atoms with Crippen LogP contribution >= 0.6 is 0 Å². The number of piperidine rings is 1. The van der Waals surface area contributed by atoms with Gasteiger partial charge in [0.05, 0.1) is 31.0 Å². The minimum atomic E-state index is -2.74. The molecule has 1 aromatic carbocycles. The van der Waals surface area contributed by atoms with Gasteiger partial charge in [-0.1, -0.05) is 0 Å². The van der Waals surface area contributed by atoms with Crippen molar-refractivity contribution in [2.45, 2.75) is 38.3 Å². The highest BCUT2D eigenvalue weighted by atomic mass is 19.3. The minimum absolute atomic E-state index is 0.0712. The number of rotatable bonds is 5. The summed E-state index contributed by atoms with van der Waals surface area (Å²) in [7, 11) is 1.50. The molecule has 0 atom stereocenters. The van der Waals surface area contributed by atoms with Crippen LogP contribution in [0.1, 0.15) is 32.0 Å². The predicted molar refractivity (Wildman–Crippen MR) is 109 cm³/mol. The van der Waals surface area contributed by atoms with Gasteiger partial charge in [-0.15, -0.1) is 0 Å². The molecule has 3 heterocycles. The monoisotopic (exact) mass is 431 g/mol. The first-order valence-corrected chi connectivity index (χ1v) is 9.93. The molecule has 0 radical (unpaired) electrons. The fourth-order valence-corrected chi connectivity index (χ4v) is 3.68. The highest BCUT2D eigenvalue weighted by molar-refractivity contribution is 5.95. The number of hydrogen-bond donors (Lipinski definition) is 1. The van der Waals surface area contributed by atoms with Gasteiger partial charge in [-0.2, -0.15) is 13.9 Å². The fraction of sp³-hybridized carbons (Fsp3) is 0.429. The van der Waals surface area contributed by atoms with E-state index in [9.17, 15) is 18.7 Å². The van der Waals surface area contributed by atoms with E-state index in [-0.39, 0.29) is 12.3 Å². The molecule has 3 aromatic rings. The van der Waals surface area contributed by atoms with E-state index in [1.165, 1.54) is 25.7 Å². The van der Waals surface area contributed by atoms with Crippen LogP contribution in [0.25, 0.3) is 22.2 Å². The molecule has 1 saturated heterocycles. The third kappa shape index (κ3) is 4.34. The Bertz CT molecular complexity index is 1110. The normalized spacial score (nSPS) is 16.1. The van der Waals surface area contributed by atoms with Crippen LogP contribution in [0.5, 0.6) is 5.75 Å². The molecule has 1 aliphatic heterocycles. The number of carbonyl (C=O) groups is 1. The summed E-state index contributed by atoms with van der Waals surface area (Å²) in [6, 6.07) is 3.40. The largest absolute Gasteiger partial charge is 0.494 e. The summed E-state index contributed by atoms with van der Waals surface area (Å²) in [5.74, 6) is 0.383. The maximum atomic E-state index is 12.9. The molecule has 0 unspecified atom stereocenters. The molecule has 0 aliphatic carbocycles. The van der Waals surface area contributed by atoms with E-state index in [2.05, 4.69) is 15.1 Å². The molecule has 1 amide bonds. The molecule has 0 spiro atoms. The summed E-state index contributed by atoms with van der Waals surface area (Å²) in [6.07, 6.45) is 5.24. The van der Waals surface area contributed by atoms with Gasteiger partial charge >= 0.3 is 6.55 Å². The number of alkyl halides is 2. The number of nitrogens with zero attached hydrogens (tertiary/aromatic N) is 5. The molecule has 2 aromatic heterocycles. The SMILES string of the molecule is COc1ccc(-c2cnn(C(F)F)c2)c2ncc(CC(=O)N3CCC(C)(O)CC3)nc12. The summed E-state index contributed by atoms with van der Waals surface area (Å²) in [5, 5.41) is 13.7. The number of likely N-dealkylation sites (tertiary alicyclic amines) is 1. The lowest BCUT2D eigenvalue weighted by atomic mass is 9.93. The van der Waals surface area contributed by atoms with Gasteiger partial charge in [0, 0.05) is 36.6 Å². The molecule has 10 heteroatoms. The quantitative estimate of drug-likeness (QED) is 0.668. The van der Waals surface area contributed by atoms with Crippen molar-refractivity contribution in [3.05, 3.63) is 36.4 Å². The zero-order valence-corrected chi connectivity index (χ0v) is 17.3. The number of aliphatic hydroxyl groups is 1. The van der Waals surface area contributed by atoms with Crippen molar-refractivity contribution in [3.63, 3.8) is 0 Å². The number of halogens is 2. The first-order valence-electron chi connectivity index (χ1n) is 9.93. The molecule has 0 bridgehead atoms. The van der Waals surface area contributed by atoms with Crippen molar-refractivity contribution in [3.8, 4) is 16.9 Å². The summed E-state index contributed by atoms with van der Waals surface area (Å²) in [4.78, 5) is 23.4. The van der Waals surface area contributed by atoms with Gasteiger partial charge in [-0.25, -0.2) is 9.67 Å². The lowest BCUT2D eigenvalue weighted by molar-refractivity contribution is -0.134. The average Bonchev–Trinajstić information content (AvgIpc) is 3.23. The van der Waals surface area contributed by atoms with E-state index < -0.39 is 12.2 Å². The second kappa shape index (κ2) is 8.18. The summed E-state index contributed by atoms with van der Waals surface area (Å²) < 4.78 is 31.8. The van der Waals surface area contributed by atoms with Crippen LogP contribution in [0.4, 0.5) is 8.78 Å². The highest BCUT2D eigenvalue weighted by Gasteiger charge is 2.29. The minimum Gasteiger partial charge on any atom is -0.494 e. The van der Waals surface area contributed by atoms with Crippen LogP contribution in [-0.2, 0) is 11.2 Å². The van der Waals surface area contributed by atoms with Crippen molar-refractivity contribution in [2.75, 3.05) is 20.2 Å². The second-order valence-corrected chi connectivity index (χ2v) is 7.92. The Kier molecular flexibility index (Phi) is 5.57. The number of amides is 1. The summed E-state index contributed by atoms with van der Waals surface area (Å²) in [5.41, 5.74) is 1.72. The number of carbonyl (C=O) groups excluding carboxylic acids is 1. The van der Waals surface area contributed by atoms with E-state index in [0.29, 0.717) is 64.2 Å². The summed E-state index contributed by atoms with van der Waals surface area (Å²) in [6.45, 7) is 0.0296. The molecule has 1 fully saturated rings. The Morgan fingerprint density at radius 3 is 2.65 bits per heavy atom. The van der Waals surface area contributed by atoms with E-state index in [1.807, 2.05) is 0 Å². The molecule has 164 valence electrons. The van der Waals surface area contributed by atoms with Crippen molar-refractivity contribution in [1.82, 2.24) is 24.6 Å². The fourth-order valence-electron chi connectivity index (χ4n) is 3.68. The smallest absolute Gasteiger partial charge is 0.333 e. The Morgan fingerprint density at radius 2 is 2.00 bits per heavy atom. The second-order valence-electron chi connectivity index (χ2n) is 7.92. The molecule has 8 nitrogen and oxygen atoms in total. The zero-order valence-electron chi connectivity index (χ0n) is 17.3. The van der Waals surface area contributed by atoms with Crippen LogP contribution in [0.2, 0.25) is 0 Å². The number of aromatic nitrogens is 4. The summed E-state index contributed by atoms with van der Waals surface area (Å²) >= 11 is 0. The Labute approximate surface area is 177 Å². The van der Waals surface area contributed by atoms with Crippen molar-refractivity contribution >= 4 is 16.9 Å². The maximum absolute atomic E-state index is 12.9. The third-order valence-corrected chi connectivity index (χ3v) is 5.57. The number of methoxy groups -OCH3 is 1. The Morgan fingerprint density at radius 1 is 1.26 bits per heavy atom. The first kappa shape index (κ1) is 21.1. The van der Waals surface area contributed by atoms with Gasteiger partial charge in [0.1, 0.15) is 16.8 Å². The van der Waals surface area contributed by atoms with Gasteiger partial charge in [-0.3, -0.25) is 9.78 Å². The zero-order chi connectivity index (χ0) is 22.2. The van der Waals surface area contributed by atoms with Gasteiger partial charge in [0.25, 0.3) is 0 Å². The molecule has 31 heavy (non-hydrogen) atoms. The van der Waals surface area contributed by atoms with Gasteiger partial charge in [0.2, 0.25) is 5.91 Å².